The molecule has 3 nitrogen and oxygen atoms in total. The Morgan fingerprint density at radius 1 is 1.25 bits per heavy atom. The van der Waals surface area contributed by atoms with Gasteiger partial charge in [-0.3, -0.25) is 4.79 Å². The van der Waals surface area contributed by atoms with Gasteiger partial charge in [0.2, 0.25) is 0 Å². The summed E-state index contributed by atoms with van der Waals surface area (Å²) in [6.07, 6.45) is 0. The van der Waals surface area contributed by atoms with Crippen LogP contribution in [0, 0.1) is 5.82 Å². The third kappa shape index (κ3) is 3.35. The fraction of sp³-hybridized carbons (Fsp3) is 0.133. The normalized spacial score (nSPS) is 11.9. The van der Waals surface area contributed by atoms with Gasteiger partial charge in [0.1, 0.15) is 5.82 Å². The quantitative estimate of drug-likeness (QED) is 0.910. The van der Waals surface area contributed by atoms with Crippen LogP contribution in [-0.2, 0) is 0 Å². The topological polar surface area (TPSA) is 49.3 Å². The Balaban J connectivity index is 2.15. The molecule has 0 saturated carbocycles. The summed E-state index contributed by atoms with van der Waals surface area (Å²) in [6.45, 7) is -0.244. The van der Waals surface area contributed by atoms with Gasteiger partial charge in [0, 0.05) is 5.56 Å². The summed E-state index contributed by atoms with van der Waals surface area (Å²) in [7, 11) is 0. The molecule has 1 atom stereocenters. The Morgan fingerprint density at radius 2 is 1.95 bits per heavy atom. The second-order valence-electron chi connectivity index (χ2n) is 4.25. The molecule has 2 rings (SSSR count). The number of aliphatic hydroxyl groups is 1. The third-order valence-electron chi connectivity index (χ3n) is 2.87. The largest absolute Gasteiger partial charge is 0.394 e. The zero-order valence-electron chi connectivity index (χ0n) is 10.5. The smallest absolute Gasteiger partial charge is 0.251 e. The van der Waals surface area contributed by atoms with E-state index in [2.05, 4.69) is 5.32 Å². The number of halogens is 2. The molecule has 0 bridgehead atoms. The minimum absolute atomic E-state index is 0.0386. The molecule has 1 amide bonds. The van der Waals surface area contributed by atoms with Crippen LogP contribution in [0.15, 0.2) is 48.5 Å². The predicted molar refractivity (Wildman–Crippen MR) is 75.1 cm³/mol. The Bertz CT molecular complexity index is 604. The van der Waals surface area contributed by atoms with Crippen LogP contribution in [-0.4, -0.2) is 17.6 Å². The number of hydrogen-bond donors (Lipinski definition) is 2. The molecule has 2 aromatic rings. The lowest BCUT2D eigenvalue weighted by molar-refractivity contribution is 0.0916. The number of amides is 1. The van der Waals surface area contributed by atoms with Crippen molar-refractivity contribution in [2.45, 2.75) is 6.04 Å². The van der Waals surface area contributed by atoms with Gasteiger partial charge in [-0.15, -0.1) is 0 Å². The highest BCUT2D eigenvalue weighted by molar-refractivity contribution is 6.30. The van der Waals surface area contributed by atoms with Crippen LogP contribution < -0.4 is 5.32 Å². The number of rotatable bonds is 4. The first-order chi connectivity index (χ1) is 9.61. The highest BCUT2D eigenvalue weighted by atomic mass is 35.5. The van der Waals surface area contributed by atoms with E-state index in [1.165, 1.54) is 12.1 Å². The van der Waals surface area contributed by atoms with Crippen LogP contribution in [0.4, 0.5) is 4.39 Å². The highest BCUT2D eigenvalue weighted by Gasteiger charge is 2.15. The van der Waals surface area contributed by atoms with Crippen molar-refractivity contribution in [2.24, 2.45) is 0 Å². The van der Waals surface area contributed by atoms with Crippen molar-refractivity contribution < 1.29 is 14.3 Å². The maximum absolute atomic E-state index is 13.3. The predicted octanol–water partition coefficient (Wildman–Crippen LogP) is 2.94. The minimum Gasteiger partial charge on any atom is -0.394 e. The maximum atomic E-state index is 13.3. The van der Waals surface area contributed by atoms with E-state index in [9.17, 15) is 14.3 Å². The van der Waals surface area contributed by atoms with E-state index >= 15 is 0 Å². The van der Waals surface area contributed by atoms with Crippen LogP contribution in [0.5, 0.6) is 0 Å². The van der Waals surface area contributed by atoms with Gasteiger partial charge in [0.05, 0.1) is 17.7 Å². The van der Waals surface area contributed by atoms with Gasteiger partial charge in [-0.2, -0.15) is 0 Å². The first kappa shape index (κ1) is 14.5. The van der Waals surface area contributed by atoms with E-state index in [1.807, 2.05) is 18.2 Å². The first-order valence-electron chi connectivity index (χ1n) is 6.03. The maximum Gasteiger partial charge on any atom is 0.251 e. The van der Waals surface area contributed by atoms with Gasteiger partial charge < -0.3 is 10.4 Å². The fourth-order valence-corrected chi connectivity index (χ4v) is 1.92. The van der Waals surface area contributed by atoms with Crippen LogP contribution in [0.25, 0.3) is 0 Å². The molecular formula is C15H13ClFNO2. The number of carbonyl (C=O) groups is 1. The molecule has 0 aliphatic carbocycles. The lowest BCUT2D eigenvalue weighted by atomic mass is 10.1. The van der Waals surface area contributed by atoms with Gasteiger partial charge in [-0.1, -0.05) is 41.9 Å². The lowest BCUT2D eigenvalue weighted by Crippen LogP contribution is -2.30. The lowest BCUT2D eigenvalue weighted by Gasteiger charge is -2.16. The Morgan fingerprint density at radius 3 is 2.55 bits per heavy atom. The highest BCUT2D eigenvalue weighted by Crippen LogP contribution is 2.17. The third-order valence-corrected chi connectivity index (χ3v) is 3.18. The van der Waals surface area contributed by atoms with Gasteiger partial charge in [-0.25, -0.2) is 4.39 Å². The fourth-order valence-electron chi connectivity index (χ4n) is 1.80. The zero-order valence-corrected chi connectivity index (χ0v) is 11.3. The molecule has 0 radical (unpaired) electrons. The molecule has 2 N–H and O–H groups in total. The molecule has 2 aromatic carbocycles. The van der Waals surface area contributed by atoms with E-state index in [1.54, 1.807) is 12.1 Å². The zero-order chi connectivity index (χ0) is 14.5. The van der Waals surface area contributed by atoms with Crippen molar-refractivity contribution in [3.8, 4) is 0 Å². The van der Waals surface area contributed by atoms with Crippen molar-refractivity contribution in [3.05, 3.63) is 70.5 Å². The van der Waals surface area contributed by atoms with E-state index in [0.717, 1.165) is 11.6 Å². The summed E-state index contributed by atoms with van der Waals surface area (Å²) in [5, 5.41) is 12.0. The Labute approximate surface area is 121 Å². The van der Waals surface area contributed by atoms with Crippen molar-refractivity contribution >= 4 is 17.5 Å². The average molecular weight is 294 g/mol. The first-order valence-corrected chi connectivity index (χ1v) is 6.41. The molecule has 5 heteroatoms. The van der Waals surface area contributed by atoms with E-state index < -0.39 is 17.8 Å². The van der Waals surface area contributed by atoms with Crippen LogP contribution >= 0.6 is 11.6 Å². The molecule has 20 heavy (non-hydrogen) atoms. The van der Waals surface area contributed by atoms with E-state index in [0.29, 0.717) is 0 Å². The van der Waals surface area contributed by atoms with Crippen molar-refractivity contribution in [1.29, 1.82) is 0 Å². The van der Waals surface area contributed by atoms with E-state index in [4.69, 9.17) is 11.6 Å². The van der Waals surface area contributed by atoms with Crippen molar-refractivity contribution in [1.82, 2.24) is 5.32 Å². The van der Waals surface area contributed by atoms with Gasteiger partial charge in [0.25, 0.3) is 5.91 Å². The van der Waals surface area contributed by atoms with Crippen LogP contribution in [0.2, 0.25) is 5.02 Å². The molecular weight excluding hydrogens is 281 g/mol. The second-order valence-corrected chi connectivity index (χ2v) is 4.66. The molecule has 0 heterocycles. The molecule has 1 unspecified atom stereocenters. The Kier molecular flexibility index (Phi) is 4.71. The molecule has 0 fully saturated rings. The van der Waals surface area contributed by atoms with Gasteiger partial charge >= 0.3 is 0 Å². The summed E-state index contributed by atoms with van der Waals surface area (Å²) >= 11 is 5.57. The van der Waals surface area contributed by atoms with Gasteiger partial charge in [-0.05, 0) is 23.8 Å². The summed E-state index contributed by atoms with van der Waals surface area (Å²) in [5.74, 6) is -1.12. The molecule has 0 spiro atoms. The summed E-state index contributed by atoms with van der Waals surface area (Å²) in [4.78, 5) is 12.0. The summed E-state index contributed by atoms with van der Waals surface area (Å²) in [6, 6.07) is 12.3. The number of nitrogens with one attached hydrogen (secondary N) is 1. The molecule has 0 aromatic heterocycles. The second kappa shape index (κ2) is 6.50. The average Bonchev–Trinajstić information content (AvgIpc) is 2.48. The molecule has 104 valence electrons. The Hall–Kier alpha value is -1.91. The standard InChI is InChI=1S/C15H13ClFNO2/c16-12-7-6-11(8-13(12)17)15(20)18-14(9-19)10-4-2-1-3-5-10/h1-8,14,19H,9H2,(H,18,20). The molecule has 0 saturated heterocycles. The van der Waals surface area contributed by atoms with Crippen LogP contribution in [0.3, 0.4) is 0 Å². The van der Waals surface area contributed by atoms with Crippen LogP contribution in [0.1, 0.15) is 22.0 Å². The number of hydrogen-bond acceptors (Lipinski definition) is 2. The van der Waals surface area contributed by atoms with E-state index in [-0.39, 0.29) is 17.2 Å². The molecule has 0 aliphatic heterocycles. The monoisotopic (exact) mass is 293 g/mol. The number of benzene rings is 2. The number of carbonyl (C=O) groups excluding carboxylic acids is 1. The summed E-state index contributed by atoms with van der Waals surface area (Å²) in [5.41, 5.74) is 0.930. The summed E-state index contributed by atoms with van der Waals surface area (Å²) < 4.78 is 13.3. The van der Waals surface area contributed by atoms with Crippen molar-refractivity contribution in [3.63, 3.8) is 0 Å². The van der Waals surface area contributed by atoms with Gasteiger partial charge in [0.15, 0.2) is 0 Å². The van der Waals surface area contributed by atoms with Crippen molar-refractivity contribution in [2.75, 3.05) is 6.61 Å². The number of aliphatic hydroxyl groups excluding tert-OH is 1. The SMILES string of the molecule is O=C(NC(CO)c1ccccc1)c1ccc(Cl)c(F)c1. The minimum atomic E-state index is -0.653. The molecule has 0 aliphatic rings.